The minimum atomic E-state index is -0.271. The number of amides is 2. The number of hydrogen-bond acceptors (Lipinski definition) is 2. The summed E-state index contributed by atoms with van der Waals surface area (Å²) in [6, 6.07) is 8.01. The summed E-state index contributed by atoms with van der Waals surface area (Å²) in [7, 11) is 0. The van der Waals surface area contributed by atoms with Crippen LogP contribution in [0.1, 0.15) is 52.9 Å². The molecule has 1 heterocycles. The van der Waals surface area contributed by atoms with E-state index in [-0.39, 0.29) is 24.2 Å². The molecule has 5 heteroatoms. The largest absolute Gasteiger partial charge is 0.334 e. The van der Waals surface area contributed by atoms with E-state index in [4.69, 9.17) is 0 Å². The van der Waals surface area contributed by atoms with E-state index in [1.54, 1.807) is 0 Å². The summed E-state index contributed by atoms with van der Waals surface area (Å²) in [5.41, 5.74) is 6.08. The van der Waals surface area contributed by atoms with E-state index in [1.165, 1.54) is 17.5 Å². The summed E-state index contributed by atoms with van der Waals surface area (Å²) in [6.45, 7) is 5.91. The summed E-state index contributed by atoms with van der Waals surface area (Å²) in [6.07, 6.45) is 3.49. The monoisotopic (exact) mass is 339 g/mol. The maximum Gasteiger partial charge on any atom is 0.315 e. The summed E-state index contributed by atoms with van der Waals surface area (Å²) in [5.74, 6) is 0. The molecule has 3 rings (SSSR count). The van der Waals surface area contributed by atoms with Gasteiger partial charge in [-0.2, -0.15) is 0 Å². The van der Waals surface area contributed by atoms with Crippen LogP contribution in [0.5, 0.6) is 0 Å². The van der Waals surface area contributed by atoms with Gasteiger partial charge in [0.15, 0.2) is 0 Å². The van der Waals surface area contributed by atoms with Crippen molar-refractivity contribution in [3.63, 3.8) is 0 Å². The number of nitrogens with one attached hydrogen (secondary N) is 3. The Morgan fingerprint density at radius 3 is 2.72 bits per heavy atom. The molecule has 1 aliphatic carbocycles. The van der Waals surface area contributed by atoms with Crippen LogP contribution in [-0.4, -0.2) is 11.0 Å². The number of hydrogen-bond donors (Lipinski definition) is 3. The SMILES string of the molecule is Cc1cc(C)c(CNC(=O)N[C@@H](C)c2ccc3c(c2)CCC3)c(=O)[nH]1. The van der Waals surface area contributed by atoms with Gasteiger partial charge in [0, 0.05) is 11.3 Å². The topological polar surface area (TPSA) is 74.0 Å². The molecule has 0 radical (unpaired) electrons. The van der Waals surface area contributed by atoms with Crippen molar-refractivity contribution in [2.75, 3.05) is 0 Å². The molecule has 0 fully saturated rings. The van der Waals surface area contributed by atoms with Gasteiger partial charge in [0.1, 0.15) is 0 Å². The Morgan fingerprint density at radius 1 is 1.20 bits per heavy atom. The second kappa shape index (κ2) is 7.13. The van der Waals surface area contributed by atoms with Crippen LogP contribution < -0.4 is 16.2 Å². The number of carbonyl (C=O) groups excluding carboxylic acids is 1. The van der Waals surface area contributed by atoms with Crippen molar-refractivity contribution in [3.05, 3.63) is 68.1 Å². The van der Waals surface area contributed by atoms with Crippen molar-refractivity contribution >= 4 is 6.03 Å². The van der Waals surface area contributed by atoms with E-state index < -0.39 is 0 Å². The van der Waals surface area contributed by atoms with Gasteiger partial charge in [0.05, 0.1) is 12.6 Å². The zero-order chi connectivity index (χ0) is 18.0. The fraction of sp³-hybridized carbons (Fsp3) is 0.400. The Hall–Kier alpha value is -2.56. The van der Waals surface area contributed by atoms with Crippen molar-refractivity contribution in [3.8, 4) is 0 Å². The van der Waals surface area contributed by atoms with Crippen molar-refractivity contribution in [2.24, 2.45) is 0 Å². The molecule has 0 saturated heterocycles. The first-order valence-corrected chi connectivity index (χ1v) is 8.79. The van der Waals surface area contributed by atoms with Crippen molar-refractivity contribution in [1.82, 2.24) is 15.6 Å². The van der Waals surface area contributed by atoms with Gasteiger partial charge in [-0.25, -0.2) is 4.79 Å². The van der Waals surface area contributed by atoms with Gasteiger partial charge in [-0.15, -0.1) is 0 Å². The van der Waals surface area contributed by atoms with Gasteiger partial charge in [-0.1, -0.05) is 18.2 Å². The van der Waals surface area contributed by atoms with E-state index in [0.29, 0.717) is 5.56 Å². The number of aryl methyl sites for hydroxylation is 4. The summed E-state index contributed by atoms with van der Waals surface area (Å²) in [5, 5.41) is 5.73. The second-order valence-corrected chi connectivity index (χ2v) is 6.87. The Morgan fingerprint density at radius 2 is 1.96 bits per heavy atom. The minimum Gasteiger partial charge on any atom is -0.334 e. The van der Waals surface area contributed by atoms with Gasteiger partial charge >= 0.3 is 6.03 Å². The highest BCUT2D eigenvalue weighted by atomic mass is 16.2. The van der Waals surface area contributed by atoms with Crippen molar-refractivity contribution in [1.29, 1.82) is 0 Å². The molecule has 5 nitrogen and oxygen atoms in total. The highest BCUT2D eigenvalue weighted by molar-refractivity contribution is 5.74. The summed E-state index contributed by atoms with van der Waals surface area (Å²) >= 11 is 0. The first-order chi connectivity index (χ1) is 11.9. The van der Waals surface area contributed by atoms with Crippen molar-refractivity contribution < 1.29 is 4.79 Å². The van der Waals surface area contributed by atoms with Crippen LogP contribution in [0.3, 0.4) is 0 Å². The zero-order valence-electron chi connectivity index (χ0n) is 15.0. The smallest absolute Gasteiger partial charge is 0.315 e. The Labute approximate surface area is 147 Å². The molecule has 1 atom stereocenters. The van der Waals surface area contributed by atoms with E-state index in [9.17, 15) is 9.59 Å². The molecule has 2 aromatic rings. The standard InChI is InChI=1S/C20H25N3O2/c1-12-9-13(2)22-19(24)18(12)11-21-20(25)23-14(3)16-8-7-15-5-4-6-17(15)10-16/h7-10,14H,4-6,11H2,1-3H3,(H,22,24)(H2,21,23,25)/t14-/m0/s1. The molecule has 1 aromatic heterocycles. The molecule has 1 aromatic carbocycles. The molecule has 2 amide bonds. The first kappa shape index (κ1) is 17.3. The third-order valence-corrected chi connectivity index (χ3v) is 4.89. The maximum absolute atomic E-state index is 12.2. The molecule has 132 valence electrons. The third-order valence-electron chi connectivity index (χ3n) is 4.89. The number of urea groups is 1. The number of carbonyl (C=O) groups is 1. The molecule has 3 N–H and O–H groups in total. The molecule has 0 bridgehead atoms. The number of rotatable bonds is 4. The molecule has 0 spiro atoms. The quantitative estimate of drug-likeness (QED) is 0.801. The van der Waals surface area contributed by atoms with Gasteiger partial charge in [0.2, 0.25) is 0 Å². The van der Waals surface area contributed by atoms with E-state index in [2.05, 4.69) is 33.8 Å². The highest BCUT2D eigenvalue weighted by Crippen LogP contribution is 2.25. The van der Waals surface area contributed by atoms with E-state index >= 15 is 0 Å². The Balaban J connectivity index is 1.60. The predicted octanol–water partition coefficient (Wildman–Crippen LogP) is 3.04. The average molecular weight is 339 g/mol. The lowest BCUT2D eigenvalue weighted by Crippen LogP contribution is -2.38. The van der Waals surface area contributed by atoms with Crippen LogP contribution in [0, 0.1) is 13.8 Å². The molecular weight excluding hydrogens is 314 g/mol. The maximum atomic E-state index is 12.2. The Bertz CT molecular complexity index is 855. The average Bonchev–Trinajstić information content (AvgIpc) is 3.01. The molecular formula is C20H25N3O2. The third kappa shape index (κ3) is 3.92. The van der Waals surface area contributed by atoms with Crippen LogP contribution in [0.2, 0.25) is 0 Å². The molecule has 25 heavy (non-hydrogen) atoms. The van der Waals surface area contributed by atoms with Gasteiger partial charge < -0.3 is 15.6 Å². The van der Waals surface area contributed by atoms with Gasteiger partial charge in [-0.3, -0.25) is 4.79 Å². The molecule has 0 saturated carbocycles. The predicted molar refractivity (Wildman–Crippen MR) is 98.8 cm³/mol. The fourth-order valence-corrected chi connectivity index (χ4v) is 3.46. The number of fused-ring (bicyclic) bond motifs is 1. The fourth-order valence-electron chi connectivity index (χ4n) is 3.46. The zero-order valence-corrected chi connectivity index (χ0v) is 15.0. The lowest BCUT2D eigenvalue weighted by atomic mass is 10.0. The van der Waals surface area contributed by atoms with Gasteiger partial charge in [0.25, 0.3) is 5.56 Å². The molecule has 0 aliphatic heterocycles. The summed E-state index contributed by atoms with van der Waals surface area (Å²) in [4.78, 5) is 27.0. The van der Waals surface area contributed by atoms with Crippen LogP contribution >= 0.6 is 0 Å². The normalized spacial score (nSPS) is 14.0. The van der Waals surface area contributed by atoms with Crippen LogP contribution in [0.25, 0.3) is 0 Å². The summed E-state index contributed by atoms with van der Waals surface area (Å²) < 4.78 is 0. The van der Waals surface area contributed by atoms with E-state index in [0.717, 1.165) is 29.7 Å². The number of benzene rings is 1. The number of pyridine rings is 1. The number of aromatic amines is 1. The minimum absolute atomic E-state index is 0.0803. The van der Waals surface area contributed by atoms with Gasteiger partial charge in [-0.05, 0) is 68.4 Å². The molecule has 0 unspecified atom stereocenters. The van der Waals surface area contributed by atoms with E-state index in [1.807, 2.05) is 26.8 Å². The first-order valence-electron chi connectivity index (χ1n) is 8.79. The van der Waals surface area contributed by atoms with Crippen LogP contribution in [0.15, 0.2) is 29.1 Å². The molecule has 1 aliphatic rings. The Kier molecular flexibility index (Phi) is 4.93. The second-order valence-electron chi connectivity index (χ2n) is 6.87. The lowest BCUT2D eigenvalue weighted by molar-refractivity contribution is 0.237. The van der Waals surface area contributed by atoms with Crippen LogP contribution in [-0.2, 0) is 19.4 Å². The number of H-pyrrole nitrogens is 1. The lowest BCUT2D eigenvalue weighted by Gasteiger charge is -2.16. The number of aromatic nitrogens is 1. The van der Waals surface area contributed by atoms with Crippen molar-refractivity contribution in [2.45, 2.75) is 52.6 Å². The highest BCUT2D eigenvalue weighted by Gasteiger charge is 2.15. The van der Waals surface area contributed by atoms with Crippen LogP contribution in [0.4, 0.5) is 4.79 Å².